The van der Waals surface area contributed by atoms with Crippen molar-refractivity contribution < 1.29 is 4.79 Å². The molecular weight excluding hydrogens is 188 g/mol. The van der Waals surface area contributed by atoms with Crippen molar-refractivity contribution in [2.24, 2.45) is 11.8 Å². The molecule has 0 unspecified atom stereocenters. The topological polar surface area (TPSA) is 32.3 Å². The van der Waals surface area contributed by atoms with E-state index < -0.39 is 0 Å². The van der Waals surface area contributed by atoms with Crippen molar-refractivity contribution in [2.75, 3.05) is 19.6 Å². The summed E-state index contributed by atoms with van der Waals surface area (Å²) in [6.07, 6.45) is 1.00. The Bertz CT molecular complexity index is 208. The first kappa shape index (κ1) is 12.5. The van der Waals surface area contributed by atoms with Crippen molar-refractivity contribution in [1.29, 1.82) is 0 Å². The first-order valence-electron chi connectivity index (χ1n) is 6.03. The van der Waals surface area contributed by atoms with Crippen LogP contribution in [0.5, 0.6) is 0 Å². The van der Waals surface area contributed by atoms with Crippen LogP contribution in [0.2, 0.25) is 0 Å². The lowest BCUT2D eigenvalue weighted by Gasteiger charge is -2.30. The van der Waals surface area contributed by atoms with Gasteiger partial charge in [-0.25, -0.2) is 0 Å². The largest absolute Gasteiger partial charge is 0.340 e. The normalized spacial score (nSPS) is 21.3. The zero-order chi connectivity index (χ0) is 11.4. The summed E-state index contributed by atoms with van der Waals surface area (Å²) in [5, 5.41) is 3.25. The molecule has 1 N–H and O–H groups in total. The molecule has 1 aliphatic rings. The fourth-order valence-corrected chi connectivity index (χ4v) is 2.05. The molecule has 0 aromatic rings. The number of nitrogens with one attached hydrogen (secondary N) is 1. The molecule has 15 heavy (non-hydrogen) atoms. The van der Waals surface area contributed by atoms with E-state index in [0.717, 1.165) is 26.1 Å². The molecule has 1 heterocycles. The van der Waals surface area contributed by atoms with Crippen LogP contribution in [0.4, 0.5) is 0 Å². The maximum Gasteiger partial charge on any atom is 0.227 e. The Hall–Kier alpha value is -0.570. The number of hydrogen-bond donors (Lipinski definition) is 1. The van der Waals surface area contributed by atoms with Gasteiger partial charge >= 0.3 is 0 Å². The molecule has 0 spiro atoms. The SMILES string of the molecule is CC(C)CN(C(=O)[C@H]1CCNC1)C(C)C. The summed E-state index contributed by atoms with van der Waals surface area (Å²) in [6, 6.07) is 0.320. The lowest BCUT2D eigenvalue weighted by Crippen LogP contribution is -2.43. The highest BCUT2D eigenvalue weighted by Crippen LogP contribution is 2.15. The number of carbonyl (C=O) groups excluding carboxylic acids is 1. The van der Waals surface area contributed by atoms with Gasteiger partial charge in [0.15, 0.2) is 0 Å². The van der Waals surface area contributed by atoms with E-state index in [1.807, 2.05) is 4.90 Å². The average molecular weight is 212 g/mol. The van der Waals surface area contributed by atoms with Crippen LogP contribution >= 0.6 is 0 Å². The van der Waals surface area contributed by atoms with Crippen molar-refractivity contribution in [3.8, 4) is 0 Å². The smallest absolute Gasteiger partial charge is 0.227 e. The zero-order valence-corrected chi connectivity index (χ0v) is 10.4. The van der Waals surface area contributed by atoms with E-state index in [-0.39, 0.29) is 5.92 Å². The van der Waals surface area contributed by atoms with E-state index in [2.05, 4.69) is 33.0 Å². The minimum absolute atomic E-state index is 0.214. The van der Waals surface area contributed by atoms with Gasteiger partial charge in [0, 0.05) is 19.1 Å². The Morgan fingerprint density at radius 3 is 2.47 bits per heavy atom. The summed E-state index contributed by atoms with van der Waals surface area (Å²) < 4.78 is 0. The minimum atomic E-state index is 0.214. The number of nitrogens with zero attached hydrogens (tertiary/aromatic N) is 1. The predicted molar refractivity (Wildman–Crippen MR) is 62.7 cm³/mol. The van der Waals surface area contributed by atoms with Gasteiger partial charge in [0.05, 0.1) is 5.92 Å². The van der Waals surface area contributed by atoms with Gasteiger partial charge in [-0.2, -0.15) is 0 Å². The van der Waals surface area contributed by atoms with Crippen molar-refractivity contribution in [1.82, 2.24) is 10.2 Å². The lowest BCUT2D eigenvalue weighted by molar-refractivity contribution is -0.137. The molecule has 1 saturated heterocycles. The van der Waals surface area contributed by atoms with Crippen LogP contribution in [0, 0.1) is 11.8 Å². The second-order valence-electron chi connectivity index (χ2n) is 5.17. The van der Waals surface area contributed by atoms with Gasteiger partial charge in [-0.1, -0.05) is 13.8 Å². The Morgan fingerprint density at radius 1 is 1.40 bits per heavy atom. The van der Waals surface area contributed by atoms with E-state index in [1.165, 1.54) is 0 Å². The summed E-state index contributed by atoms with van der Waals surface area (Å²) in [5.74, 6) is 1.10. The van der Waals surface area contributed by atoms with Gasteiger partial charge in [-0.15, -0.1) is 0 Å². The maximum atomic E-state index is 12.2. The van der Waals surface area contributed by atoms with Crippen LogP contribution in [-0.2, 0) is 4.79 Å². The molecule has 1 atom stereocenters. The van der Waals surface area contributed by atoms with Gasteiger partial charge in [0.25, 0.3) is 0 Å². The van der Waals surface area contributed by atoms with Gasteiger partial charge in [0.2, 0.25) is 5.91 Å². The monoisotopic (exact) mass is 212 g/mol. The maximum absolute atomic E-state index is 12.2. The molecule has 1 rings (SSSR count). The minimum Gasteiger partial charge on any atom is -0.340 e. The van der Waals surface area contributed by atoms with Crippen molar-refractivity contribution in [3.63, 3.8) is 0 Å². The third-order valence-corrected chi connectivity index (χ3v) is 2.88. The van der Waals surface area contributed by atoms with Crippen LogP contribution < -0.4 is 5.32 Å². The molecular formula is C12H24N2O. The quantitative estimate of drug-likeness (QED) is 0.765. The predicted octanol–water partition coefficient (Wildman–Crippen LogP) is 1.49. The summed E-state index contributed by atoms with van der Waals surface area (Å²) in [6.45, 7) is 11.3. The summed E-state index contributed by atoms with van der Waals surface area (Å²) in [4.78, 5) is 14.2. The standard InChI is InChI=1S/C12H24N2O/c1-9(2)8-14(10(3)4)12(15)11-5-6-13-7-11/h9-11,13H,5-8H2,1-4H3/t11-/m0/s1. The van der Waals surface area contributed by atoms with E-state index in [4.69, 9.17) is 0 Å². The highest BCUT2D eigenvalue weighted by atomic mass is 16.2. The number of rotatable bonds is 4. The first-order chi connectivity index (χ1) is 7.02. The van der Waals surface area contributed by atoms with E-state index >= 15 is 0 Å². The fraction of sp³-hybridized carbons (Fsp3) is 0.917. The molecule has 1 amide bonds. The van der Waals surface area contributed by atoms with Crippen LogP contribution in [0.25, 0.3) is 0 Å². The van der Waals surface area contributed by atoms with Gasteiger partial charge in [-0.05, 0) is 32.7 Å². The summed E-state index contributed by atoms with van der Waals surface area (Å²) in [5.41, 5.74) is 0. The molecule has 0 aliphatic carbocycles. The molecule has 3 heteroatoms. The molecule has 0 saturated carbocycles. The van der Waals surface area contributed by atoms with Gasteiger partial charge < -0.3 is 10.2 Å². The molecule has 0 bridgehead atoms. The molecule has 0 radical (unpaired) electrons. The Balaban J connectivity index is 2.57. The molecule has 3 nitrogen and oxygen atoms in total. The second-order valence-corrected chi connectivity index (χ2v) is 5.17. The summed E-state index contributed by atoms with van der Waals surface area (Å²) in [7, 11) is 0. The molecule has 88 valence electrons. The third-order valence-electron chi connectivity index (χ3n) is 2.88. The van der Waals surface area contributed by atoms with Crippen molar-refractivity contribution in [2.45, 2.75) is 40.2 Å². The highest BCUT2D eigenvalue weighted by Gasteiger charge is 2.28. The van der Waals surface area contributed by atoms with E-state index in [1.54, 1.807) is 0 Å². The summed E-state index contributed by atoms with van der Waals surface area (Å²) >= 11 is 0. The molecule has 1 fully saturated rings. The van der Waals surface area contributed by atoms with Crippen LogP contribution in [0.3, 0.4) is 0 Å². The van der Waals surface area contributed by atoms with Gasteiger partial charge in [0.1, 0.15) is 0 Å². The fourth-order valence-electron chi connectivity index (χ4n) is 2.05. The highest BCUT2D eigenvalue weighted by molar-refractivity contribution is 5.79. The Kier molecular flexibility index (Phi) is 4.58. The van der Waals surface area contributed by atoms with Crippen molar-refractivity contribution >= 4 is 5.91 Å². The first-order valence-corrected chi connectivity index (χ1v) is 6.03. The van der Waals surface area contributed by atoms with Gasteiger partial charge in [-0.3, -0.25) is 4.79 Å². The number of carbonyl (C=O) groups is 1. The molecule has 1 aliphatic heterocycles. The van der Waals surface area contributed by atoms with Crippen LogP contribution in [0.1, 0.15) is 34.1 Å². The number of hydrogen-bond acceptors (Lipinski definition) is 2. The van der Waals surface area contributed by atoms with Crippen LogP contribution in [-0.4, -0.2) is 36.5 Å². The molecule has 0 aromatic heterocycles. The van der Waals surface area contributed by atoms with E-state index in [9.17, 15) is 4.79 Å². The van der Waals surface area contributed by atoms with Crippen molar-refractivity contribution in [3.05, 3.63) is 0 Å². The lowest BCUT2D eigenvalue weighted by atomic mass is 10.0. The second kappa shape index (κ2) is 5.50. The molecule has 0 aromatic carbocycles. The average Bonchev–Trinajstić information content (AvgIpc) is 2.65. The Labute approximate surface area is 93.2 Å². The zero-order valence-electron chi connectivity index (χ0n) is 10.4. The Morgan fingerprint density at radius 2 is 2.07 bits per heavy atom. The third kappa shape index (κ3) is 3.49. The van der Waals surface area contributed by atoms with Crippen LogP contribution in [0.15, 0.2) is 0 Å². The number of amides is 1. The van der Waals surface area contributed by atoms with E-state index in [0.29, 0.717) is 17.9 Å².